The molecular weight excluding hydrogens is 266 g/mol. The van der Waals surface area contributed by atoms with Crippen molar-refractivity contribution < 1.29 is 9.47 Å². The van der Waals surface area contributed by atoms with Gasteiger partial charge in [-0.1, -0.05) is 11.6 Å². The van der Waals surface area contributed by atoms with E-state index >= 15 is 0 Å². The number of rotatable bonds is 3. The van der Waals surface area contributed by atoms with Gasteiger partial charge in [0.2, 0.25) is 0 Å². The molecule has 3 N–H and O–H groups in total. The molecule has 0 fully saturated rings. The first kappa shape index (κ1) is 13.5. The lowest BCUT2D eigenvalue weighted by molar-refractivity contribution is 0.399. The van der Waals surface area contributed by atoms with Gasteiger partial charge in [0.15, 0.2) is 0 Å². The highest BCUT2D eigenvalue weighted by Gasteiger charge is 2.22. The molecule has 0 saturated heterocycles. The highest BCUT2D eigenvalue weighted by atomic mass is 35.5. The van der Waals surface area contributed by atoms with Crippen molar-refractivity contribution in [3.63, 3.8) is 0 Å². The molecule has 1 aromatic carbocycles. The number of nitrogens with zero attached hydrogens (tertiary/aromatic N) is 1. The Kier molecular flexibility index (Phi) is 3.57. The van der Waals surface area contributed by atoms with Crippen LogP contribution in [0.1, 0.15) is 11.1 Å². The highest BCUT2D eigenvalue weighted by molar-refractivity contribution is 6.33. The molecule has 102 valence electrons. The third-order valence-electron chi connectivity index (χ3n) is 3.09. The van der Waals surface area contributed by atoms with Gasteiger partial charge in [0.25, 0.3) is 0 Å². The molecule has 2 aromatic rings. The van der Waals surface area contributed by atoms with Crippen LogP contribution in [0.25, 0.3) is 11.3 Å². The topological polar surface area (TPSA) is 73.2 Å². The monoisotopic (exact) mass is 281 g/mol. The zero-order chi connectivity index (χ0) is 14.2. The third-order valence-corrected chi connectivity index (χ3v) is 3.54. The molecule has 0 bridgehead atoms. The van der Waals surface area contributed by atoms with Gasteiger partial charge in [0.05, 0.1) is 24.9 Å². The Labute approximate surface area is 116 Å². The molecule has 6 heteroatoms. The number of aromatic nitrogens is 2. The summed E-state index contributed by atoms with van der Waals surface area (Å²) >= 11 is 6.29. The summed E-state index contributed by atoms with van der Waals surface area (Å²) in [5.74, 6) is 1.73. The summed E-state index contributed by atoms with van der Waals surface area (Å²) in [7, 11) is 3.19. The maximum atomic E-state index is 6.29. The van der Waals surface area contributed by atoms with Gasteiger partial charge < -0.3 is 15.2 Å². The van der Waals surface area contributed by atoms with Crippen molar-refractivity contribution in [2.24, 2.45) is 0 Å². The van der Waals surface area contributed by atoms with Crippen molar-refractivity contribution in [2.75, 3.05) is 20.0 Å². The van der Waals surface area contributed by atoms with E-state index in [4.69, 9.17) is 26.8 Å². The lowest BCUT2D eigenvalue weighted by Crippen LogP contribution is -1.99. The molecule has 0 radical (unpaired) electrons. The zero-order valence-corrected chi connectivity index (χ0v) is 12.1. The Balaban J connectivity index is 2.81. The van der Waals surface area contributed by atoms with E-state index in [0.717, 1.165) is 22.4 Å². The number of nitrogens with one attached hydrogen (secondary N) is 1. The predicted molar refractivity (Wildman–Crippen MR) is 76.0 cm³/mol. The van der Waals surface area contributed by atoms with Crippen molar-refractivity contribution in [2.45, 2.75) is 13.8 Å². The minimum Gasteiger partial charge on any atom is -0.496 e. The Morgan fingerprint density at radius 2 is 1.79 bits per heavy atom. The largest absolute Gasteiger partial charge is 0.496 e. The average Bonchev–Trinajstić information content (AvgIpc) is 2.80. The van der Waals surface area contributed by atoms with Crippen LogP contribution in [0.3, 0.4) is 0 Å². The maximum absolute atomic E-state index is 6.29. The molecular formula is C13H16ClN3O2. The number of nitrogens with two attached hydrogens (primary N) is 1. The number of halogens is 1. The highest BCUT2D eigenvalue weighted by Crippen LogP contribution is 2.45. The van der Waals surface area contributed by atoms with Gasteiger partial charge in [-0.15, -0.1) is 0 Å². The number of nitrogen functional groups attached to an aromatic ring is 1. The predicted octanol–water partition coefficient (Wildman–Crippen LogP) is 2.95. The molecule has 0 aliphatic heterocycles. The molecule has 0 atom stereocenters. The van der Waals surface area contributed by atoms with E-state index in [9.17, 15) is 0 Å². The smallest absolute Gasteiger partial charge is 0.145 e. The van der Waals surface area contributed by atoms with Crippen LogP contribution in [0.5, 0.6) is 11.5 Å². The number of H-pyrrole nitrogens is 1. The van der Waals surface area contributed by atoms with Crippen LogP contribution >= 0.6 is 11.6 Å². The summed E-state index contributed by atoms with van der Waals surface area (Å²) in [4.78, 5) is 0. The molecule has 5 nitrogen and oxygen atoms in total. The van der Waals surface area contributed by atoms with Gasteiger partial charge in [-0.05, 0) is 13.8 Å². The van der Waals surface area contributed by atoms with Gasteiger partial charge in [-0.2, -0.15) is 5.10 Å². The Morgan fingerprint density at radius 1 is 1.16 bits per heavy atom. The van der Waals surface area contributed by atoms with E-state index in [1.165, 1.54) is 0 Å². The molecule has 19 heavy (non-hydrogen) atoms. The second-order valence-corrected chi connectivity index (χ2v) is 4.59. The Hall–Kier alpha value is -1.88. The Morgan fingerprint density at radius 3 is 2.26 bits per heavy atom. The average molecular weight is 282 g/mol. The molecule has 0 unspecified atom stereocenters. The first-order valence-corrected chi connectivity index (χ1v) is 6.10. The number of anilines is 1. The molecule has 1 heterocycles. The van der Waals surface area contributed by atoms with Crippen LogP contribution in [-0.4, -0.2) is 24.4 Å². The van der Waals surface area contributed by atoms with Crippen LogP contribution in [0.2, 0.25) is 5.02 Å². The van der Waals surface area contributed by atoms with Gasteiger partial charge in [-0.3, -0.25) is 5.10 Å². The van der Waals surface area contributed by atoms with Crippen molar-refractivity contribution >= 4 is 17.4 Å². The molecule has 0 aliphatic rings. The quantitative estimate of drug-likeness (QED) is 0.907. The van der Waals surface area contributed by atoms with Gasteiger partial charge in [0.1, 0.15) is 17.3 Å². The Bertz CT molecular complexity index is 623. The van der Waals surface area contributed by atoms with Crippen molar-refractivity contribution in [3.05, 3.63) is 22.2 Å². The van der Waals surface area contributed by atoms with Crippen molar-refractivity contribution in [3.8, 4) is 22.8 Å². The molecule has 2 rings (SSSR count). The van der Waals surface area contributed by atoms with E-state index in [1.54, 1.807) is 20.3 Å². The summed E-state index contributed by atoms with van der Waals surface area (Å²) in [5, 5.41) is 7.37. The SMILES string of the molecule is COc1c(C)c(-c2cc(N)n[nH]2)c(OC)c(C)c1Cl. The van der Waals surface area contributed by atoms with Crippen molar-refractivity contribution in [1.29, 1.82) is 0 Å². The maximum Gasteiger partial charge on any atom is 0.145 e. The van der Waals surface area contributed by atoms with Crippen LogP contribution < -0.4 is 15.2 Å². The van der Waals surface area contributed by atoms with Gasteiger partial charge in [0, 0.05) is 22.8 Å². The van der Waals surface area contributed by atoms with Crippen LogP contribution in [-0.2, 0) is 0 Å². The molecule has 0 amide bonds. The summed E-state index contributed by atoms with van der Waals surface area (Å²) in [6.07, 6.45) is 0. The fourth-order valence-electron chi connectivity index (χ4n) is 2.19. The molecule has 0 spiro atoms. The first-order valence-electron chi connectivity index (χ1n) is 5.73. The zero-order valence-electron chi connectivity index (χ0n) is 11.3. The molecule has 0 saturated carbocycles. The normalized spacial score (nSPS) is 10.6. The van der Waals surface area contributed by atoms with E-state index in [1.807, 2.05) is 13.8 Å². The number of aromatic amines is 1. The van der Waals surface area contributed by atoms with Crippen LogP contribution in [0.4, 0.5) is 5.82 Å². The number of hydrogen-bond acceptors (Lipinski definition) is 4. The molecule has 0 aliphatic carbocycles. The van der Waals surface area contributed by atoms with Crippen LogP contribution in [0.15, 0.2) is 6.07 Å². The van der Waals surface area contributed by atoms with E-state index < -0.39 is 0 Å². The fraction of sp³-hybridized carbons (Fsp3) is 0.308. The van der Waals surface area contributed by atoms with E-state index in [0.29, 0.717) is 22.3 Å². The lowest BCUT2D eigenvalue weighted by Gasteiger charge is -2.18. The van der Waals surface area contributed by atoms with Crippen LogP contribution in [0, 0.1) is 13.8 Å². The minimum atomic E-state index is 0.419. The van der Waals surface area contributed by atoms with Crippen molar-refractivity contribution in [1.82, 2.24) is 10.2 Å². The standard InChI is InChI=1S/C13H16ClN3O2/c1-6-10(8-5-9(15)17-16-8)12(18-3)7(2)11(14)13(6)19-4/h5H,1-4H3,(H3,15,16,17). The summed E-state index contributed by atoms with van der Waals surface area (Å²) < 4.78 is 10.8. The first-order chi connectivity index (χ1) is 9.01. The van der Waals surface area contributed by atoms with E-state index in [2.05, 4.69) is 10.2 Å². The number of methoxy groups -OCH3 is 2. The fourth-order valence-corrected chi connectivity index (χ4v) is 2.50. The number of benzene rings is 1. The number of ether oxygens (including phenoxy) is 2. The lowest BCUT2D eigenvalue weighted by atomic mass is 9.99. The molecule has 1 aromatic heterocycles. The van der Waals surface area contributed by atoms with Gasteiger partial charge in [-0.25, -0.2) is 0 Å². The summed E-state index contributed by atoms with van der Waals surface area (Å²) in [6.45, 7) is 3.80. The summed E-state index contributed by atoms with van der Waals surface area (Å²) in [5.41, 5.74) is 8.96. The third kappa shape index (κ3) is 2.10. The number of hydrogen-bond donors (Lipinski definition) is 2. The second kappa shape index (κ2) is 5.01. The second-order valence-electron chi connectivity index (χ2n) is 4.21. The van der Waals surface area contributed by atoms with Gasteiger partial charge >= 0.3 is 0 Å². The summed E-state index contributed by atoms with van der Waals surface area (Å²) in [6, 6.07) is 1.75. The minimum absolute atomic E-state index is 0.419. The van der Waals surface area contributed by atoms with E-state index in [-0.39, 0.29) is 0 Å².